The van der Waals surface area contributed by atoms with Crippen LogP contribution in [0.4, 0.5) is 11.4 Å². The lowest BCUT2D eigenvalue weighted by Crippen LogP contribution is -2.45. The number of benzene rings is 1. The highest BCUT2D eigenvalue weighted by molar-refractivity contribution is 5.95. The molecule has 1 heterocycles. The number of aliphatic hydroxyl groups is 1. The molecule has 1 amide bonds. The van der Waals surface area contributed by atoms with Gasteiger partial charge in [-0.3, -0.25) is 9.48 Å². The Balaban J connectivity index is 1.67. The van der Waals surface area contributed by atoms with Crippen molar-refractivity contribution in [2.75, 3.05) is 5.32 Å². The minimum atomic E-state index is -0.440. The summed E-state index contributed by atoms with van der Waals surface area (Å²) < 4.78 is 1.71. The fourth-order valence-electron chi connectivity index (χ4n) is 2.92. The first-order chi connectivity index (χ1) is 11.1. The van der Waals surface area contributed by atoms with E-state index in [1.165, 1.54) is 0 Å². The molecule has 1 aromatic heterocycles. The first-order valence-corrected chi connectivity index (χ1v) is 7.96. The van der Waals surface area contributed by atoms with Crippen molar-refractivity contribution in [3.63, 3.8) is 0 Å². The minimum Gasteiger partial charge on any atom is -0.391 e. The molecular formula is C17H22N4O2. The Morgan fingerprint density at radius 1 is 1.30 bits per heavy atom. The van der Waals surface area contributed by atoms with Crippen LogP contribution >= 0.6 is 0 Å². The predicted octanol–water partition coefficient (Wildman–Crippen LogP) is 2.20. The lowest BCUT2D eigenvalue weighted by Gasteiger charge is -2.28. The smallest absolute Gasteiger partial charge is 0.251 e. The number of aromatic nitrogens is 2. The summed E-state index contributed by atoms with van der Waals surface area (Å²) >= 11 is 0. The third-order valence-electron chi connectivity index (χ3n) is 4.16. The molecule has 1 fully saturated rings. The van der Waals surface area contributed by atoms with Crippen LogP contribution in [0.5, 0.6) is 0 Å². The average molecular weight is 314 g/mol. The van der Waals surface area contributed by atoms with Crippen LogP contribution in [0, 0.1) is 0 Å². The maximum absolute atomic E-state index is 12.4. The van der Waals surface area contributed by atoms with E-state index in [2.05, 4.69) is 15.7 Å². The van der Waals surface area contributed by atoms with E-state index in [-0.39, 0.29) is 11.9 Å². The molecule has 0 aliphatic heterocycles. The summed E-state index contributed by atoms with van der Waals surface area (Å²) in [6, 6.07) is 7.17. The fourth-order valence-corrected chi connectivity index (χ4v) is 2.92. The Labute approximate surface area is 135 Å². The van der Waals surface area contributed by atoms with Crippen molar-refractivity contribution in [2.24, 2.45) is 7.05 Å². The van der Waals surface area contributed by atoms with E-state index >= 15 is 0 Å². The number of aliphatic hydroxyl groups excluding tert-OH is 1. The molecule has 23 heavy (non-hydrogen) atoms. The van der Waals surface area contributed by atoms with Crippen molar-refractivity contribution in [2.45, 2.75) is 37.8 Å². The predicted molar refractivity (Wildman–Crippen MR) is 88.7 cm³/mol. The molecule has 122 valence electrons. The van der Waals surface area contributed by atoms with Crippen LogP contribution in [0.3, 0.4) is 0 Å². The van der Waals surface area contributed by atoms with Crippen molar-refractivity contribution in [3.05, 3.63) is 42.2 Å². The van der Waals surface area contributed by atoms with Crippen molar-refractivity contribution < 1.29 is 9.90 Å². The molecule has 0 bridgehead atoms. The Morgan fingerprint density at radius 2 is 2.13 bits per heavy atom. The number of nitrogens with one attached hydrogen (secondary N) is 2. The molecule has 1 aliphatic carbocycles. The standard InChI is InChI=1S/C17H22N4O2/c1-21-11-14(10-18-21)19-13-6-4-5-12(9-13)17(23)20-15-7-2-3-8-16(15)22/h4-6,9-11,15-16,19,22H,2-3,7-8H2,1H3,(H,20,23). The maximum atomic E-state index is 12.4. The number of carbonyl (C=O) groups is 1. The molecule has 1 aliphatic rings. The molecule has 3 rings (SSSR count). The quantitative estimate of drug-likeness (QED) is 0.808. The van der Waals surface area contributed by atoms with Crippen LogP contribution in [-0.4, -0.2) is 32.9 Å². The van der Waals surface area contributed by atoms with Gasteiger partial charge in [-0.1, -0.05) is 18.9 Å². The van der Waals surface area contributed by atoms with Gasteiger partial charge >= 0.3 is 0 Å². The molecule has 0 saturated heterocycles. The third kappa shape index (κ3) is 3.90. The molecular weight excluding hydrogens is 292 g/mol. The summed E-state index contributed by atoms with van der Waals surface area (Å²) in [7, 11) is 1.85. The molecule has 2 unspecified atom stereocenters. The summed E-state index contributed by atoms with van der Waals surface area (Å²) in [6.45, 7) is 0. The first-order valence-electron chi connectivity index (χ1n) is 7.96. The molecule has 1 aromatic carbocycles. The summed E-state index contributed by atoms with van der Waals surface area (Å²) in [5.41, 5.74) is 2.28. The Kier molecular flexibility index (Phi) is 4.62. The van der Waals surface area contributed by atoms with Gasteiger partial charge in [-0.05, 0) is 31.0 Å². The highest BCUT2D eigenvalue weighted by Gasteiger charge is 2.24. The Morgan fingerprint density at radius 3 is 2.87 bits per heavy atom. The highest BCUT2D eigenvalue weighted by Crippen LogP contribution is 2.20. The van der Waals surface area contributed by atoms with Crippen molar-refractivity contribution in [1.82, 2.24) is 15.1 Å². The fraction of sp³-hybridized carbons (Fsp3) is 0.412. The second kappa shape index (κ2) is 6.83. The number of anilines is 2. The van der Waals surface area contributed by atoms with Gasteiger partial charge in [0.25, 0.3) is 5.91 Å². The van der Waals surface area contributed by atoms with E-state index in [0.717, 1.165) is 37.1 Å². The van der Waals surface area contributed by atoms with Crippen molar-refractivity contribution >= 4 is 17.3 Å². The van der Waals surface area contributed by atoms with Gasteiger partial charge in [0, 0.05) is 24.5 Å². The number of aryl methyl sites for hydroxylation is 1. The number of carbonyl (C=O) groups excluding carboxylic acids is 1. The number of hydrogen-bond acceptors (Lipinski definition) is 4. The van der Waals surface area contributed by atoms with Crippen LogP contribution < -0.4 is 10.6 Å². The normalized spacial score (nSPS) is 21.0. The number of amides is 1. The van der Waals surface area contributed by atoms with Gasteiger partial charge in [-0.15, -0.1) is 0 Å². The van der Waals surface area contributed by atoms with Gasteiger partial charge in [-0.25, -0.2) is 0 Å². The molecule has 0 radical (unpaired) electrons. The Bertz CT molecular complexity index is 683. The van der Waals surface area contributed by atoms with Gasteiger partial charge in [0.15, 0.2) is 0 Å². The zero-order valence-electron chi connectivity index (χ0n) is 13.2. The van der Waals surface area contributed by atoms with Crippen LogP contribution in [0.1, 0.15) is 36.0 Å². The van der Waals surface area contributed by atoms with E-state index in [4.69, 9.17) is 0 Å². The molecule has 3 N–H and O–H groups in total. The summed E-state index contributed by atoms with van der Waals surface area (Å²) in [5, 5.41) is 20.2. The third-order valence-corrected chi connectivity index (χ3v) is 4.16. The van der Waals surface area contributed by atoms with Crippen molar-refractivity contribution in [1.29, 1.82) is 0 Å². The number of hydrogen-bond donors (Lipinski definition) is 3. The maximum Gasteiger partial charge on any atom is 0.251 e. The first kappa shape index (κ1) is 15.6. The topological polar surface area (TPSA) is 79.2 Å². The highest BCUT2D eigenvalue weighted by atomic mass is 16.3. The van der Waals surface area contributed by atoms with E-state index in [9.17, 15) is 9.90 Å². The van der Waals surface area contributed by atoms with Gasteiger partial charge in [0.05, 0.1) is 24.0 Å². The summed E-state index contributed by atoms with van der Waals surface area (Å²) in [6.07, 6.45) is 6.82. The molecule has 0 spiro atoms. The summed E-state index contributed by atoms with van der Waals surface area (Å²) in [5.74, 6) is -0.147. The number of rotatable bonds is 4. The lowest BCUT2D eigenvalue weighted by atomic mass is 9.92. The monoisotopic (exact) mass is 314 g/mol. The Hall–Kier alpha value is -2.34. The largest absolute Gasteiger partial charge is 0.391 e. The molecule has 2 aromatic rings. The zero-order valence-corrected chi connectivity index (χ0v) is 13.2. The molecule has 6 nitrogen and oxygen atoms in total. The second-order valence-corrected chi connectivity index (χ2v) is 6.04. The van der Waals surface area contributed by atoms with Gasteiger partial charge in [0.1, 0.15) is 0 Å². The molecule has 6 heteroatoms. The van der Waals surface area contributed by atoms with Crippen LogP contribution in [0.25, 0.3) is 0 Å². The van der Waals surface area contributed by atoms with Crippen LogP contribution in [0.2, 0.25) is 0 Å². The summed E-state index contributed by atoms with van der Waals surface area (Å²) in [4.78, 5) is 12.4. The van der Waals surface area contributed by atoms with E-state index < -0.39 is 6.10 Å². The second-order valence-electron chi connectivity index (χ2n) is 6.04. The minimum absolute atomic E-state index is 0.147. The van der Waals surface area contributed by atoms with Gasteiger partial charge < -0.3 is 15.7 Å². The van der Waals surface area contributed by atoms with E-state index in [1.807, 2.05) is 25.4 Å². The van der Waals surface area contributed by atoms with E-state index in [0.29, 0.717) is 5.56 Å². The van der Waals surface area contributed by atoms with Crippen LogP contribution in [0.15, 0.2) is 36.7 Å². The lowest BCUT2D eigenvalue weighted by molar-refractivity contribution is 0.0717. The van der Waals surface area contributed by atoms with Gasteiger partial charge in [0.2, 0.25) is 0 Å². The van der Waals surface area contributed by atoms with Crippen molar-refractivity contribution in [3.8, 4) is 0 Å². The average Bonchev–Trinajstić information content (AvgIpc) is 2.95. The zero-order chi connectivity index (χ0) is 16.2. The van der Waals surface area contributed by atoms with Gasteiger partial charge in [-0.2, -0.15) is 5.10 Å². The molecule has 2 atom stereocenters. The molecule has 1 saturated carbocycles. The number of nitrogens with zero attached hydrogens (tertiary/aromatic N) is 2. The SMILES string of the molecule is Cn1cc(Nc2cccc(C(=O)NC3CCCCC3O)c2)cn1. The van der Waals surface area contributed by atoms with E-state index in [1.54, 1.807) is 23.0 Å². The van der Waals surface area contributed by atoms with Crippen LogP contribution in [-0.2, 0) is 7.05 Å².